The fourth-order valence-corrected chi connectivity index (χ4v) is 3.92. The number of ether oxygens (including phenoxy) is 2. The molecule has 5 nitrogen and oxygen atoms in total. The van der Waals surface area contributed by atoms with Crippen LogP contribution in [0.4, 0.5) is 0 Å². The normalized spacial score (nSPS) is 28.9. The second-order valence-corrected chi connectivity index (χ2v) is 6.30. The molecular weight excluding hydrogens is 266 g/mol. The summed E-state index contributed by atoms with van der Waals surface area (Å²) in [4.78, 5) is 4.59. The molecule has 4 atom stereocenters. The van der Waals surface area contributed by atoms with Crippen molar-refractivity contribution in [1.29, 1.82) is 0 Å². The quantitative estimate of drug-likeness (QED) is 0.637. The van der Waals surface area contributed by atoms with Crippen molar-refractivity contribution in [2.45, 2.75) is 57.8 Å². The fraction of sp³-hybridized carbons (Fsp3) is 0.688. The van der Waals surface area contributed by atoms with E-state index < -0.39 is 0 Å². The van der Waals surface area contributed by atoms with Gasteiger partial charge in [-0.3, -0.25) is 16.3 Å². The summed E-state index contributed by atoms with van der Waals surface area (Å²) in [5.74, 6) is 7.24. The number of nitrogens with one attached hydrogen (secondary N) is 1. The van der Waals surface area contributed by atoms with Gasteiger partial charge in [-0.15, -0.1) is 0 Å². The second-order valence-electron chi connectivity index (χ2n) is 6.30. The summed E-state index contributed by atoms with van der Waals surface area (Å²) >= 11 is 0. The van der Waals surface area contributed by atoms with E-state index in [9.17, 15) is 0 Å². The zero-order chi connectivity index (χ0) is 15.0. The molecule has 0 amide bonds. The van der Waals surface area contributed by atoms with Gasteiger partial charge in [0.2, 0.25) is 0 Å². The molecule has 1 aromatic heterocycles. The molecule has 0 saturated carbocycles. The van der Waals surface area contributed by atoms with Crippen molar-refractivity contribution in [2.75, 3.05) is 7.11 Å². The summed E-state index contributed by atoms with van der Waals surface area (Å²) in [6.45, 7) is 4.09. The third kappa shape index (κ3) is 2.65. The smallest absolute Gasteiger partial charge is 0.128 e. The number of aryl methyl sites for hydroxylation is 1. The SMILES string of the molecule is COc1c(C)cnc(CC(NN)C2CC3CCC2O3)c1C. The van der Waals surface area contributed by atoms with Crippen LogP contribution in [0.15, 0.2) is 6.20 Å². The average molecular weight is 291 g/mol. The molecule has 21 heavy (non-hydrogen) atoms. The Hall–Kier alpha value is -1.17. The van der Waals surface area contributed by atoms with E-state index in [1.165, 1.54) is 6.42 Å². The zero-order valence-electron chi connectivity index (χ0n) is 13.1. The van der Waals surface area contributed by atoms with Gasteiger partial charge in [-0.25, -0.2) is 0 Å². The highest BCUT2D eigenvalue weighted by atomic mass is 16.5. The molecule has 2 saturated heterocycles. The number of hydrazine groups is 1. The maximum Gasteiger partial charge on any atom is 0.128 e. The monoisotopic (exact) mass is 291 g/mol. The lowest BCUT2D eigenvalue weighted by Crippen LogP contribution is -2.46. The summed E-state index contributed by atoms with van der Waals surface area (Å²) < 4.78 is 11.4. The van der Waals surface area contributed by atoms with E-state index in [0.717, 1.165) is 41.8 Å². The van der Waals surface area contributed by atoms with Crippen molar-refractivity contribution < 1.29 is 9.47 Å². The Balaban J connectivity index is 1.78. The van der Waals surface area contributed by atoms with Crippen LogP contribution >= 0.6 is 0 Å². The van der Waals surface area contributed by atoms with E-state index in [4.69, 9.17) is 15.3 Å². The standard InChI is InChI=1S/C16H25N3O2/c1-9-8-18-13(10(2)16(9)20-3)7-14(19-17)12-6-11-4-5-15(12)21-11/h8,11-12,14-15,19H,4-7,17H2,1-3H3. The van der Waals surface area contributed by atoms with Gasteiger partial charge in [0.1, 0.15) is 5.75 Å². The van der Waals surface area contributed by atoms with Crippen LogP contribution < -0.4 is 16.0 Å². The lowest BCUT2D eigenvalue weighted by molar-refractivity contribution is 0.0856. The summed E-state index contributed by atoms with van der Waals surface area (Å²) in [6, 6.07) is 0.207. The highest BCUT2D eigenvalue weighted by Gasteiger charge is 2.44. The number of hydrogen-bond acceptors (Lipinski definition) is 5. The topological polar surface area (TPSA) is 69.4 Å². The van der Waals surface area contributed by atoms with Crippen molar-refractivity contribution in [1.82, 2.24) is 10.4 Å². The maximum absolute atomic E-state index is 5.96. The van der Waals surface area contributed by atoms with Crippen LogP contribution in [0.25, 0.3) is 0 Å². The Morgan fingerprint density at radius 3 is 2.86 bits per heavy atom. The molecule has 2 aliphatic heterocycles. The molecule has 0 radical (unpaired) electrons. The van der Waals surface area contributed by atoms with Gasteiger partial charge in [0.25, 0.3) is 0 Å². The van der Waals surface area contributed by atoms with E-state index in [1.54, 1.807) is 7.11 Å². The van der Waals surface area contributed by atoms with Gasteiger partial charge < -0.3 is 9.47 Å². The van der Waals surface area contributed by atoms with Gasteiger partial charge in [0.15, 0.2) is 0 Å². The van der Waals surface area contributed by atoms with Gasteiger partial charge in [-0.1, -0.05) is 0 Å². The lowest BCUT2D eigenvalue weighted by Gasteiger charge is -2.28. The number of methoxy groups -OCH3 is 1. The molecule has 0 spiro atoms. The number of rotatable bonds is 5. The maximum atomic E-state index is 5.96. The molecule has 2 fully saturated rings. The predicted molar refractivity (Wildman–Crippen MR) is 81.1 cm³/mol. The first kappa shape index (κ1) is 14.8. The molecule has 0 aliphatic carbocycles. The molecule has 5 heteroatoms. The summed E-state index contributed by atoms with van der Waals surface area (Å²) in [5, 5.41) is 0. The number of pyridine rings is 1. The van der Waals surface area contributed by atoms with E-state index in [-0.39, 0.29) is 6.04 Å². The van der Waals surface area contributed by atoms with Crippen LogP contribution in [0.3, 0.4) is 0 Å². The van der Waals surface area contributed by atoms with Gasteiger partial charge in [0.05, 0.1) is 19.3 Å². The molecule has 4 unspecified atom stereocenters. The van der Waals surface area contributed by atoms with Gasteiger partial charge in [-0.2, -0.15) is 0 Å². The van der Waals surface area contributed by atoms with Crippen molar-refractivity contribution in [3.63, 3.8) is 0 Å². The second kappa shape index (κ2) is 5.91. The van der Waals surface area contributed by atoms with Crippen LogP contribution in [0.5, 0.6) is 5.75 Å². The van der Waals surface area contributed by atoms with Gasteiger partial charge >= 0.3 is 0 Å². The Labute approximate surface area is 126 Å². The summed E-state index contributed by atoms with van der Waals surface area (Å²) in [7, 11) is 1.71. The minimum absolute atomic E-state index is 0.207. The van der Waals surface area contributed by atoms with Crippen molar-refractivity contribution >= 4 is 0 Å². The first-order valence-corrected chi connectivity index (χ1v) is 7.74. The Bertz CT molecular complexity index is 520. The molecule has 3 rings (SSSR count). The third-order valence-electron chi connectivity index (χ3n) is 5.05. The molecule has 1 aromatic rings. The minimum Gasteiger partial charge on any atom is -0.496 e. The largest absolute Gasteiger partial charge is 0.496 e. The average Bonchev–Trinajstić information content (AvgIpc) is 3.10. The molecule has 2 bridgehead atoms. The molecular formula is C16H25N3O2. The summed E-state index contributed by atoms with van der Waals surface area (Å²) in [6.07, 6.45) is 6.98. The molecule has 0 aromatic carbocycles. The molecule has 2 aliphatic rings. The van der Waals surface area contributed by atoms with Crippen LogP contribution in [-0.2, 0) is 11.2 Å². The molecule has 116 valence electrons. The van der Waals surface area contributed by atoms with Crippen LogP contribution in [0.1, 0.15) is 36.1 Å². The Morgan fingerprint density at radius 1 is 1.48 bits per heavy atom. The van der Waals surface area contributed by atoms with E-state index >= 15 is 0 Å². The van der Waals surface area contributed by atoms with E-state index in [0.29, 0.717) is 18.1 Å². The lowest BCUT2D eigenvalue weighted by atomic mass is 9.82. The number of fused-ring (bicyclic) bond motifs is 2. The van der Waals surface area contributed by atoms with Crippen molar-refractivity contribution in [3.8, 4) is 5.75 Å². The van der Waals surface area contributed by atoms with Crippen LogP contribution in [-0.4, -0.2) is 30.3 Å². The third-order valence-corrected chi connectivity index (χ3v) is 5.05. The van der Waals surface area contributed by atoms with E-state index in [2.05, 4.69) is 17.3 Å². The zero-order valence-corrected chi connectivity index (χ0v) is 13.1. The first-order valence-electron chi connectivity index (χ1n) is 7.74. The highest BCUT2D eigenvalue weighted by Crippen LogP contribution is 2.41. The highest BCUT2D eigenvalue weighted by molar-refractivity contribution is 5.41. The van der Waals surface area contributed by atoms with E-state index in [1.807, 2.05) is 13.1 Å². The fourth-order valence-electron chi connectivity index (χ4n) is 3.92. The van der Waals surface area contributed by atoms with Crippen LogP contribution in [0, 0.1) is 19.8 Å². The van der Waals surface area contributed by atoms with Crippen molar-refractivity contribution in [3.05, 3.63) is 23.0 Å². The predicted octanol–water partition coefficient (Wildman–Crippen LogP) is 1.65. The van der Waals surface area contributed by atoms with Crippen LogP contribution in [0.2, 0.25) is 0 Å². The minimum atomic E-state index is 0.207. The van der Waals surface area contributed by atoms with Gasteiger partial charge in [-0.05, 0) is 33.1 Å². The van der Waals surface area contributed by atoms with Crippen molar-refractivity contribution in [2.24, 2.45) is 11.8 Å². The first-order chi connectivity index (χ1) is 10.1. The summed E-state index contributed by atoms with van der Waals surface area (Å²) in [5.41, 5.74) is 6.24. The van der Waals surface area contributed by atoms with Gasteiger partial charge in [0, 0.05) is 41.4 Å². The molecule has 3 N–H and O–H groups in total. The number of nitrogens with zero attached hydrogens (tertiary/aromatic N) is 1. The molecule has 3 heterocycles. The number of aromatic nitrogens is 1. The Morgan fingerprint density at radius 2 is 2.29 bits per heavy atom. The number of nitrogens with two attached hydrogens (primary N) is 1. The Kier molecular flexibility index (Phi) is 4.15. The number of hydrogen-bond donors (Lipinski definition) is 2.